The van der Waals surface area contributed by atoms with Gasteiger partial charge in [-0.15, -0.1) is 0 Å². The van der Waals surface area contributed by atoms with Crippen LogP contribution >= 0.6 is 0 Å². The summed E-state index contributed by atoms with van der Waals surface area (Å²) in [5.74, 6) is 1.72. The number of aryl methyl sites for hydroxylation is 1. The minimum atomic E-state index is 0.0423. The number of amides is 1. The molecule has 3 heterocycles. The standard InChI is InChI=1S/C15H23N3O3/c1-3-4-13(19)18-9-12(14-16-11(2)17-21-14)15(10-18)5-7-20-8-6-15/h12H,3-10H2,1-2H3. The predicted molar refractivity (Wildman–Crippen MR) is 75.8 cm³/mol. The number of nitrogens with zero attached hydrogens (tertiary/aromatic N) is 3. The maximum atomic E-state index is 12.3. The van der Waals surface area contributed by atoms with Crippen molar-refractivity contribution >= 4 is 5.91 Å². The molecule has 1 aromatic rings. The first kappa shape index (κ1) is 14.5. The van der Waals surface area contributed by atoms with Gasteiger partial charge in [-0.25, -0.2) is 0 Å². The highest BCUT2D eigenvalue weighted by Gasteiger charge is 2.51. The molecule has 6 heteroatoms. The third-order valence-electron chi connectivity index (χ3n) is 4.79. The largest absolute Gasteiger partial charge is 0.381 e. The summed E-state index contributed by atoms with van der Waals surface area (Å²) in [7, 11) is 0. The molecule has 6 nitrogen and oxygen atoms in total. The summed E-state index contributed by atoms with van der Waals surface area (Å²) in [6.07, 6.45) is 3.40. The summed E-state index contributed by atoms with van der Waals surface area (Å²) in [6.45, 7) is 6.86. The molecule has 1 unspecified atom stereocenters. The molecule has 0 aromatic carbocycles. The zero-order valence-corrected chi connectivity index (χ0v) is 12.8. The van der Waals surface area contributed by atoms with Gasteiger partial charge in [-0.1, -0.05) is 12.1 Å². The van der Waals surface area contributed by atoms with Crippen molar-refractivity contribution in [1.82, 2.24) is 15.0 Å². The van der Waals surface area contributed by atoms with Crippen LogP contribution in [0.5, 0.6) is 0 Å². The number of ether oxygens (including phenoxy) is 1. The number of aromatic nitrogens is 2. The molecule has 21 heavy (non-hydrogen) atoms. The highest BCUT2D eigenvalue weighted by Crippen LogP contribution is 2.49. The molecule has 0 saturated carbocycles. The summed E-state index contributed by atoms with van der Waals surface area (Å²) in [5, 5.41) is 3.92. The first-order valence-corrected chi connectivity index (χ1v) is 7.80. The molecule has 2 saturated heterocycles. The Balaban J connectivity index is 1.86. The molecule has 116 valence electrons. The molecule has 2 aliphatic rings. The molecule has 1 aromatic heterocycles. The Hall–Kier alpha value is -1.43. The Morgan fingerprint density at radius 1 is 1.43 bits per heavy atom. The van der Waals surface area contributed by atoms with E-state index < -0.39 is 0 Å². The highest BCUT2D eigenvalue weighted by molar-refractivity contribution is 5.76. The van der Waals surface area contributed by atoms with Crippen LogP contribution in [-0.2, 0) is 9.53 Å². The zero-order valence-electron chi connectivity index (χ0n) is 12.8. The van der Waals surface area contributed by atoms with Crippen molar-refractivity contribution in [3.8, 4) is 0 Å². The summed E-state index contributed by atoms with van der Waals surface area (Å²) in [6, 6.07) is 0. The third-order valence-corrected chi connectivity index (χ3v) is 4.79. The Kier molecular flexibility index (Phi) is 3.97. The quantitative estimate of drug-likeness (QED) is 0.851. The highest BCUT2D eigenvalue weighted by atomic mass is 16.5. The van der Waals surface area contributed by atoms with E-state index in [2.05, 4.69) is 10.1 Å². The fourth-order valence-electron chi connectivity index (χ4n) is 3.61. The van der Waals surface area contributed by atoms with E-state index in [1.165, 1.54) is 0 Å². The summed E-state index contributed by atoms with van der Waals surface area (Å²) in [4.78, 5) is 18.7. The zero-order chi connectivity index (χ0) is 14.9. The second kappa shape index (κ2) is 5.75. The van der Waals surface area contributed by atoms with Crippen molar-refractivity contribution in [1.29, 1.82) is 0 Å². The van der Waals surface area contributed by atoms with Gasteiger partial charge in [0.05, 0.1) is 5.92 Å². The van der Waals surface area contributed by atoms with Gasteiger partial charge >= 0.3 is 0 Å². The van der Waals surface area contributed by atoms with Crippen molar-refractivity contribution in [3.63, 3.8) is 0 Å². The number of carbonyl (C=O) groups is 1. The number of carbonyl (C=O) groups excluding carboxylic acids is 1. The van der Waals surface area contributed by atoms with Crippen LogP contribution in [0, 0.1) is 12.3 Å². The molecule has 0 aliphatic carbocycles. The van der Waals surface area contributed by atoms with E-state index in [1.54, 1.807) is 0 Å². The number of rotatable bonds is 3. The lowest BCUT2D eigenvalue weighted by Gasteiger charge is -2.36. The van der Waals surface area contributed by atoms with Crippen molar-refractivity contribution in [2.75, 3.05) is 26.3 Å². The van der Waals surface area contributed by atoms with Crippen LogP contribution in [0.2, 0.25) is 0 Å². The van der Waals surface area contributed by atoms with E-state index in [1.807, 2.05) is 18.7 Å². The smallest absolute Gasteiger partial charge is 0.232 e. The Labute approximate surface area is 124 Å². The molecule has 0 radical (unpaired) electrons. The van der Waals surface area contributed by atoms with E-state index in [9.17, 15) is 4.79 Å². The molecule has 2 fully saturated rings. The molecular formula is C15H23N3O3. The lowest BCUT2D eigenvalue weighted by Crippen LogP contribution is -2.37. The first-order valence-electron chi connectivity index (χ1n) is 7.80. The molecule has 0 bridgehead atoms. The average molecular weight is 293 g/mol. The van der Waals surface area contributed by atoms with Crippen LogP contribution in [0.1, 0.15) is 50.2 Å². The number of hydrogen-bond donors (Lipinski definition) is 0. The predicted octanol–water partition coefficient (Wildman–Crippen LogP) is 1.90. The Morgan fingerprint density at radius 2 is 2.19 bits per heavy atom. The molecule has 1 spiro atoms. The lowest BCUT2D eigenvalue weighted by molar-refractivity contribution is -0.130. The van der Waals surface area contributed by atoms with Crippen LogP contribution < -0.4 is 0 Å². The van der Waals surface area contributed by atoms with Crippen LogP contribution in [0.15, 0.2) is 4.52 Å². The average Bonchev–Trinajstić information content (AvgIpc) is 3.05. The molecule has 3 rings (SSSR count). The molecule has 1 atom stereocenters. The third kappa shape index (κ3) is 2.69. The minimum absolute atomic E-state index is 0.0423. The van der Waals surface area contributed by atoms with Gasteiger partial charge in [0.15, 0.2) is 5.82 Å². The minimum Gasteiger partial charge on any atom is -0.381 e. The van der Waals surface area contributed by atoms with Crippen LogP contribution in [0.25, 0.3) is 0 Å². The van der Waals surface area contributed by atoms with Crippen molar-refractivity contribution in [2.45, 2.75) is 45.4 Å². The normalized spacial score (nSPS) is 24.7. The van der Waals surface area contributed by atoms with Gasteiger partial charge in [0.1, 0.15) is 0 Å². The molecule has 1 amide bonds. The van der Waals surface area contributed by atoms with E-state index in [4.69, 9.17) is 9.26 Å². The van der Waals surface area contributed by atoms with Crippen molar-refractivity contribution in [3.05, 3.63) is 11.7 Å². The molecule has 0 N–H and O–H groups in total. The number of likely N-dealkylation sites (tertiary alicyclic amines) is 1. The van der Waals surface area contributed by atoms with Crippen molar-refractivity contribution in [2.24, 2.45) is 5.41 Å². The fourth-order valence-corrected chi connectivity index (χ4v) is 3.61. The fraction of sp³-hybridized carbons (Fsp3) is 0.800. The van der Waals surface area contributed by atoms with Gasteiger partial charge < -0.3 is 14.2 Å². The lowest BCUT2D eigenvalue weighted by atomic mass is 9.72. The topological polar surface area (TPSA) is 68.5 Å². The van der Waals surface area contributed by atoms with E-state index in [0.29, 0.717) is 24.7 Å². The second-order valence-corrected chi connectivity index (χ2v) is 6.23. The summed E-state index contributed by atoms with van der Waals surface area (Å²) < 4.78 is 10.9. The van der Waals surface area contributed by atoms with Gasteiger partial charge in [0, 0.05) is 38.1 Å². The molecular weight excluding hydrogens is 270 g/mol. The van der Waals surface area contributed by atoms with Gasteiger partial charge in [-0.3, -0.25) is 4.79 Å². The van der Waals surface area contributed by atoms with Gasteiger partial charge in [0.2, 0.25) is 11.8 Å². The second-order valence-electron chi connectivity index (χ2n) is 6.23. The molecule has 2 aliphatic heterocycles. The monoisotopic (exact) mass is 293 g/mol. The SMILES string of the molecule is CCCC(=O)N1CC(c2nc(C)no2)C2(CCOCC2)C1. The Bertz CT molecular complexity index is 508. The van der Waals surface area contributed by atoms with Crippen LogP contribution in [0.4, 0.5) is 0 Å². The maximum absolute atomic E-state index is 12.3. The summed E-state index contributed by atoms with van der Waals surface area (Å²) in [5.41, 5.74) is 0.0423. The van der Waals surface area contributed by atoms with Gasteiger partial charge in [-0.05, 0) is 26.2 Å². The van der Waals surface area contributed by atoms with Crippen LogP contribution in [-0.4, -0.2) is 47.3 Å². The first-order chi connectivity index (χ1) is 10.1. The summed E-state index contributed by atoms with van der Waals surface area (Å²) >= 11 is 0. The van der Waals surface area contributed by atoms with Crippen molar-refractivity contribution < 1.29 is 14.1 Å². The van der Waals surface area contributed by atoms with E-state index >= 15 is 0 Å². The van der Waals surface area contributed by atoms with Gasteiger partial charge in [-0.2, -0.15) is 4.98 Å². The van der Waals surface area contributed by atoms with E-state index in [-0.39, 0.29) is 17.2 Å². The number of hydrogen-bond acceptors (Lipinski definition) is 5. The maximum Gasteiger partial charge on any atom is 0.232 e. The van der Waals surface area contributed by atoms with E-state index in [0.717, 1.165) is 39.0 Å². The van der Waals surface area contributed by atoms with Gasteiger partial charge in [0.25, 0.3) is 0 Å². The van der Waals surface area contributed by atoms with Crippen LogP contribution in [0.3, 0.4) is 0 Å². The Morgan fingerprint density at radius 3 is 2.81 bits per heavy atom.